The van der Waals surface area contributed by atoms with Gasteiger partial charge in [0.25, 0.3) is 0 Å². The molecule has 0 N–H and O–H groups in total. The van der Waals surface area contributed by atoms with Gasteiger partial charge in [-0.1, -0.05) is 23.2 Å². The Morgan fingerprint density at radius 3 is 1.43 bits per heavy atom. The maximum atomic E-state index is 6.07. The van der Waals surface area contributed by atoms with Crippen molar-refractivity contribution in [3.63, 3.8) is 0 Å². The molecule has 0 spiro atoms. The molecule has 0 amide bonds. The molecule has 0 aliphatic carbocycles. The average molecular weight is 393 g/mol. The Hall–Kier alpha value is 0.940. The molecule has 0 unspecified atom stereocenters. The first-order chi connectivity index (χ1) is 6.58. The van der Waals surface area contributed by atoms with Crippen molar-refractivity contribution in [2.75, 3.05) is 0 Å². The van der Waals surface area contributed by atoms with Gasteiger partial charge < -0.3 is 0 Å². The summed E-state index contributed by atoms with van der Waals surface area (Å²) in [6, 6.07) is 3.76. The SMILES string of the molecule is Clc1cc(Br)sc1-c1sc(Br)cc1Cl. The largest absolute Gasteiger partial charge is 0.126 e. The molecule has 0 fully saturated rings. The van der Waals surface area contributed by atoms with E-state index in [9.17, 15) is 0 Å². The Labute approximate surface area is 116 Å². The van der Waals surface area contributed by atoms with Gasteiger partial charge in [0.1, 0.15) is 0 Å². The smallest absolute Gasteiger partial charge is 0.0720 e. The lowest BCUT2D eigenvalue weighted by molar-refractivity contribution is 1.89. The highest BCUT2D eigenvalue weighted by molar-refractivity contribution is 9.11. The molecule has 0 bridgehead atoms. The summed E-state index contributed by atoms with van der Waals surface area (Å²) < 4.78 is 2.02. The Balaban J connectivity index is 2.59. The number of hydrogen-bond donors (Lipinski definition) is 0. The van der Waals surface area contributed by atoms with Crippen molar-refractivity contribution in [3.05, 3.63) is 29.8 Å². The van der Waals surface area contributed by atoms with Crippen molar-refractivity contribution in [2.24, 2.45) is 0 Å². The van der Waals surface area contributed by atoms with Crippen LogP contribution in [0, 0.1) is 0 Å². The third-order valence-electron chi connectivity index (χ3n) is 1.52. The topological polar surface area (TPSA) is 0 Å². The monoisotopic (exact) mass is 390 g/mol. The molecule has 2 rings (SSSR count). The zero-order valence-corrected chi connectivity index (χ0v) is 12.8. The fourth-order valence-corrected chi connectivity index (χ4v) is 5.28. The van der Waals surface area contributed by atoms with E-state index in [0.717, 1.165) is 27.4 Å². The highest BCUT2D eigenvalue weighted by Crippen LogP contribution is 2.46. The van der Waals surface area contributed by atoms with Gasteiger partial charge in [-0.3, -0.25) is 0 Å². The molecule has 0 aliphatic heterocycles. The van der Waals surface area contributed by atoms with Crippen molar-refractivity contribution < 1.29 is 0 Å². The van der Waals surface area contributed by atoms with Crippen LogP contribution >= 0.6 is 77.7 Å². The minimum Gasteiger partial charge on any atom is -0.126 e. The summed E-state index contributed by atoms with van der Waals surface area (Å²) in [7, 11) is 0. The molecule has 0 radical (unpaired) electrons. The summed E-state index contributed by atoms with van der Waals surface area (Å²) in [6.07, 6.45) is 0. The summed E-state index contributed by atoms with van der Waals surface area (Å²) in [5.41, 5.74) is 0. The lowest BCUT2D eigenvalue weighted by Gasteiger charge is -1.93. The van der Waals surface area contributed by atoms with E-state index in [1.807, 2.05) is 12.1 Å². The van der Waals surface area contributed by atoms with Crippen LogP contribution < -0.4 is 0 Å². The first-order valence-corrected chi connectivity index (χ1v) is 7.45. The molecular formula is C8H2Br2Cl2S2. The van der Waals surface area contributed by atoms with E-state index < -0.39 is 0 Å². The number of halogens is 4. The van der Waals surface area contributed by atoms with Gasteiger partial charge in [-0.2, -0.15) is 0 Å². The highest BCUT2D eigenvalue weighted by atomic mass is 79.9. The normalized spacial score (nSPS) is 10.9. The quantitative estimate of drug-likeness (QED) is 0.533. The Morgan fingerprint density at radius 1 is 0.857 bits per heavy atom. The summed E-state index contributed by atoms with van der Waals surface area (Å²) in [6.45, 7) is 0. The van der Waals surface area contributed by atoms with E-state index in [0.29, 0.717) is 0 Å². The molecule has 6 heteroatoms. The van der Waals surface area contributed by atoms with E-state index in [1.54, 1.807) is 22.7 Å². The summed E-state index contributed by atoms with van der Waals surface area (Å²) in [4.78, 5) is 2.03. The predicted octanol–water partition coefficient (Wildman–Crippen LogP) is 6.31. The maximum Gasteiger partial charge on any atom is 0.0720 e. The van der Waals surface area contributed by atoms with Gasteiger partial charge in [-0.05, 0) is 44.0 Å². The number of rotatable bonds is 1. The lowest BCUT2D eigenvalue weighted by Crippen LogP contribution is -1.64. The fourth-order valence-electron chi connectivity index (χ4n) is 0.991. The second-order valence-corrected chi connectivity index (χ2v) is 8.13. The van der Waals surface area contributed by atoms with Crippen molar-refractivity contribution in [1.29, 1.82) is 0 Å². The van der Waals surface area contributed by atoms with Crippen molar-refractivity contribution in [2.45, 2.75) is 0 Å². The van der Waals surface area contributed by atoms with Crippen molar-refractivity contribution >= 4 is 77.7 Å². The number of thiophene rings is 2. The molecule has 0 aliphatic rings. The zero-order chi connectivity index (χ0) is 10.3. The second-order valence-electron chi connectivity index (χ2n) is 2.46. The van der Waals surface area contributed by atoms with E-state index >= 15 is 0 Å². The molecule has 0 aromatic carbocycles. The van der Waals surface area contributed by atoms with Crippen LogP contribution in [0.2, 0.25) is 10.0 Å². The third kappa shape index (κ3) is 2.20. The van der Waals surface area contributed by atoms with Crippen LogP contribution in [0.1, 0.15) is 0 Å². The molecule has 2 aromatic heterocycles. The van der Waals surface area contributed by atoms with Crippen LogP contribution in [-0.4, -0.2) is 0 Å². The van der Waals surface area contributed by atoms with Crippen LogP contribution in [0.3, 0.4) is 0 Å². The van der Waals surface area contributed by atoms with Gasteiger partial charge >= 0.3 is 0 Å². The second kappa shape index (κ2) is 4.44. The van der Waals surface area contributed by atoms with Crippen LogP contribution in [0.15, 0.2) is 19.7 Å². The minimum absolute atomic E-state index is 0.734. The molecule has 14 heavy (non-hydrogen) atoms. The first-order valence-electron chi connectivity index (χ1n) is 3.48. The van der Waals surface area contributed by atoms with Crippen LogP contribution in [0.25, 0.3) is 9.75 Å². The van der Waals surface area contributed by atoms with E-state index in [1.165, 1.54) is 0 Å². The molecule has 0 nitrogen and oxygen atoms in total. The average Bonchev–Trinajstić information content (AvgIpc) is 2.55. The van der Waals surface area contributed by atoms with E-state index in [4.69, 9.17) is 23.2 Å². The van der Waals surface area contributed by atoms with E-state index in [-0.39, 0.29) is 0 Å². The summed E-state index contributed by atoms with van der Waals surface area (Å²) in [5, 5.41) is 1.47. The molecule has 0 saturated heterocycles. The molecule has 2 aromatic rings. The Kier molecular flexibility index (Phi) is 3.62. The van der Waals surface area contributed by atoms with Gasteiger partial charge in [0.15, 0.2) is 0 Å². The highest BCUT2D eigenvalue weighted by Gasteiger charge is 2.14. The standard InChI is InChI=1S/C8H2Br2Cl2S2/c9-5-1-3(11)7(13-5)8-4(12)2-6(10)14-8/h1-2H. The van der Waals surface area contributed by atoms with E-state index in [2.05, 4.69) is 31.9 Å². The first kappa shape index (κ1) is 11.4. The lowest BCUT2D eigenvalue weighted by atomic mass is 10.4. The van der Waals surface area contributed by atoms with Gasteiger partial charge in [0.05, 0.1) is 27.4 Å². The Morgan fingerprint density at radius 2 is 1.21 bits per heavy atom. The van der Waals surface area contributed by atoms with Gasteiger partial charge in [0, 0.05) is 0 Å². The van der Waals surface area contributed by atoms with Crippen molar-refractivity contribution in [1.82, 2.24) is 0 Å². The van der Waals surface area contributed by atoms with Crippen LogP contribution in [0.5, 0.6) is 0 Å². The third-order valence-corrected chi connectivity index (χ3v) is 5.78. The van der Waals surface area contributed by atoms with Crippen molar-refractivity contribution in [3.8, 4) is 9.75 Å². The minimum atomic E-state index is 0.734. The van der Waals surface area contributed by atoms with Crippen LogP contribution in [-0.2, 0) is 0 Å². The van der Waals surface area contributed by atoms with Gasteiger partial charge in [-0.15, -0.1) is 22.7 Å². The zero-order valence-electron chi connectivity index (χ0n) is 6.48. The van der Waals surface area contributed by atoms with Crippen LogP contribution in [0.4, 0.5) is 0 Å². The molecule has 74 valence electrons. The summed E-state index contributed by atoms with van der Waals surface area (Å²) >= 11 is 22.1. The maximum absolute atomic E-state index is 6.07. The molecular weight excluding hydrogens is 391 g/mol. The van der Waals surface area contributed by atoms with Gasteiger partial charge in [-0.25, -0.2) is 0 Å². The molecule has 0 atom stereocenters. The fraction of sp³-hybridized carbons (Fsp3) is 0. The van der Waals surface area contributed by atoms with Gasteiger partial charge in [0.2, 0.25) is 0 Å². The molecule has 0 saturated carbocycles. The predicted molar refractivity (Wildman–Crippen MR) is 73.1 cm³/mol. The molecule has 2 heterocycles. The Bertz CT molecular complexity index is 431. The number of hydrogen-bond acceptors (Lipinski definition) is 2. The summed E-state index contributed by atoms with van der Waals surface area (Å²) in [5.74, 6) is 0.